The van der Waals surface area contributed by atoms with Gasteiger partial charge in [0.2, 0.25) is 0 Å². The van der Waals surface area contributed by atoms with Crippen LogP contribution in [0.2, 0.25) is 5.02 Å². The highest BCUT2D eigenvalue weighted by Gasteiger charge is 2.13. The summed E-state index contributed by atoms with van der Waals surface area (Å²) in [7, 11) is 0. The molecule has 0 saturated carbocycles. The molecule has 6 heteroatoms. The largest absolute Gasteiger partial charge is 0.483 e. The van der Waals surface area contributed by atoms with E-state index in [0.717, 1.165) is 34.7 Å². The molecule has 0 aliphatic rings. The second kappa shape index (κ2) is 9.14. The lowest BCUT2D eigenvalue weighted by Gasteiger charge is -2.16. The molecule has 2 aromatic carbocycles. The van der Waals surface area contributed by atoms with Crippen molar-refractivity contribution in [3.05, 3.63) is 76.3 Å². The smallest absolute Gasteiger partial charge is 0.262 e. The van der Waals surface area contributed by atoms with Crippen LogP contribution in [0.5, 0.6) is 5.75 Å². The average Bonchev–Trinajstić information content (AvgIpc) is 3.08. The minimum atomic E-state index is -0.203. The van der Waals surface area contributed by atoms with Crippen LogP contribution < -0.4 is 10.1 Å². The van der Waals surface area contributed by atoms with Crippen molar-refractivity contribution in [2.24, 2.45) is 0 Å². The lowest BCUT2D eigenvalue weighted by atomic mass is 10.0. The quantitative estimate of drug-likeness (QED) is 0.570. The Morgan fingerprint density at radius 1 is 1.21 bits per heavy atom. The highest BCUT2D eigenvalue weighted by Crippen LogP contribution is 2.32. The zero-order valence-corrected chi connectivity index (χ0v) is 18.0. The van der Waals surface area contributed by atoms with Gasteiger partial charge in [-0.3, -0.25) is 4.79 Å². The molecule has 152 valence electrons. The zero-order chi connectivity index (χ0) is 21.0. The standard InChI is InChI=1S/C23H26ClN3O2/c1-15(2)20-12-21(24)16(3)11-22(20)29-14-23(28)26-19-7-5-18(6-8-19)13-27-10-9-25-17(27)4/h5-12,15H,13-14H2,1-4H3,(H,26,28). The maximum absolute atomic E-state index is 12.3. The molecule has 1 aromatic heterocycles. The Kier molecular flexibility index (Phi) is 6.60. The molecule has 1 N–H and O–H groups in total. The van der Waals surface area contributed by atoms with Crippen molar-refractivity contribution < 1.29 is 9.53 Å². The van der Waals surface area contributed by atoms with Crippen LogP contribution in [-0.2, 0) is 11.3 Å². The van der Waals surface area contributed by atoms with E-state index < -0.39 is 0 Å². The molecule has 3 aromatic rings. The summed E-state index contributed by atoms with van der Waals surface area (Å²) in [5, 5.41) is 3.58. The second-order valence-corrected chi connectivity index (χ2v) is 7.84. The van der Waals surface area contributed by atoms with Crippen LogP contribution in [0.3, 0.4) is 0 Å². The number of imidazole rings is 1. The first kappa shape index (κ1) is 20.9. The number of nitrogens with one attached hydrogen (secondary N) is 1. The number of hydrogen-bond acceptors (Lipinski definition) is 3. The molecule has 0 spiro atoms. The molecule has 0 fully saturated rings. The number of hydrogen-bond donors (Lipinski definition) is 1. The van der Waals surface area contributed by atoms with Crippen molar-refractivity contribution >= 4 is 23.2 Å². The molecular weight excluding hydrogens is 386 g/mol. The van der Waals surface area contributed by atoms with E-state index >= 15 is 0 Å². The maximum Gasteiger partial charge on any atom is 0.262 e. The summed E-state index contributed by atoms with van der Waals surface area (Å²) in [6.07, 6.45) is 3.74. The fourth-order valence-electron chi connectivity index (χ4n) is 3.05. The number of benzene rings is 2. The molecule has 0 aliphatic carbocycles. The predicted molar refractivity (Wildman–Crippen MR) is 117 cm³/mol. The van der Waals surface area contributed by atoms with E-state index in [9.17, 15) is 4.79 Å². The number of rotatable bonds is 7. The lowest BCUT2D eigenvalue weighted by molar-refractivity contribution is -0.118. The first-order valence-electron chi connectivity index (χ1n) is 9.63. The topological polar surface area (TPSA) is 56.1 Å². The van der Waals surface area contributed by atoms with Crippen molar-refractivity contribution in [1.82, 2.24) is 9.55 Å². The van der Waals surface area contributed by atoms with E-state index in [1.165, 1.54) is 0 Å². The summed E-state index contributed by atoms with van der Waals surface area (Å²) < 4.78 is 7.87. The molecule has 5 nitrogen and oxygen atoms in total. The fraction of sp³-hybridized carbons (Fsp3) is 0.304. The number of halogens is 1. The number of aromatic nitrogens is 2. The Morgan fingerprint density at radius 2 is 1.93 bits per heavy atom. The minimum Gasteiger partial charge on any atom is -0.483 e. The van der Waals surface area contributed by atoms with E-state index in [1.807, 2.05) is 56.4 Å². The number of amides is 1. The summed E-state index contributed by atoms with van der Waals surface area (Å²) in [5.41, 5.74) is 3.79. The van der Waals surface area contributed by atoms with Crippen molar-refractivity contribution in [1.29, 1.82) is 0 Å². The summed E-state index contributed by atoms with van der Waals surface area (Å²) in [5.74, 6) is 1.71. The first-order chi connectivity index (χ1) is 13.8. The van der Waals surface area contributed by atoms with E-state index in [4.69, 9.17) is 16.3 Å². The van der Waals surface area contributed by atoms with Gasteiger partial charge in [-0.05, 0) is 60.7 Å². The average molecular weight is 412 g/mol. The van der Waals surface area contributed by atoms with Gasteiger partial charge in [0.15, 0.2) is 6.61 Å². The van der Waals surface area contributed by atoms with Crippen molar-refractivity contribution in [2.45, 2.75) is 40.2 Å². The summed E-state index contributed by atoms with van der Waals surface area (Å²) in [6.45, 7) is 8.73. The van der Waals surface area contributed by atoms with Crippen LogP contribution in [0.15, 0.2) is 48.8 Å². The van der Waals surface area contributed by atoms with Crippen LogP contribution >= 0.6 is 11.6 Å². The Labute approximate surface area is 176 Å². The van der Waals surface area contributed by atoms with Crippen LogP contribution in [0.4, 0.5) is 5.69 Å². The third-order valence-electron chi connectivity index (χ3n) is 4.79. The maximum atomic E-state index is 12.3. The monoisotopic (exact) mass is 411 g/mol. The van der Waals surface area contributed by atoms with E-state index in [-0.39, 0.29) is 18.4 Å². The van der Waals surface area contributed by atoms with Crippen molar-refractivity contribution in [3.63, 3.8) is 0 Å². The highest BCUT2D eigenvalue weighted by molar-refractivity contribution is 6.31. The van der Waals surface area contributed by atoms with E-state index in [2.05, 4.69) is 28.7 Å². The van der Waals surface area contributed by atoms with E-state index in [1.54, 1.807) is 6.20 Å². The number of ether oxygens (including phenoxy) is 1. The van der Waals surface area contributed by atoms with Gasteiger partial charge in [-0.1, -0.05) is 37.6 Å². The van der Waals surface area contributed by atoms with Gasteiger partial charge in [0.25, 0.3) is 5.91 Å². The summed E-state index contributed by atoms with van der Waals surface area (Å²) in [6, 6.07) is 11.6. The molecule has 1 amide bonds. The van der Waals surface area contributed by atoms with Gasteiger partial charge in [0, 0.05) is 29.6 Å². The zero-order valence-electron chi connectivity index (χ0n) is 17.2. The van der Waals surface area contributed by atoms with Gasteiger partial charge >= 0.3 is 0 Å². The molecular formula is C23H26ClN3O2. The van der Waals surface area contributed by atoms with Gasteiger partial charge in [-0.15, -0.1) is 0 Å². The SMILES string of the molecule is Cc1cc(OCC(=O)Nc2ccc(Cn3ccnc3C)cc2)c(C(C)C)cc1Cl. The Bertz CT molecular complexity index is 994. The summed E-state index contributed by atoms with van der Waals surface area (Å²) >= 11 is 6.23. The number of anilines is 1. The lowest BCUT2D eigenvalue weighted by Crippen LogP contribution is -2.20. The third-order valence-corrected chi connectivity index (χ3v) is 5.19. The number of nitrogens with zero attached hydrogens (tertiary/aromatic N) is 2. The fourth-order valence-corrected chi connectivity index (χ4v) is 3.22. The van der Waals surface area contributed by atoms with Crippen LogP contribution in [-0.4, -0.2) is 22.1 Å². The first-order valence-corrected chi connectivity index (χ1v) is 10.0. The molecule has 1 heterocycles. The van der Waals surface area contributed by atoms with E-state index in [0.29, 0.717) is 10.8 Å². The van der Waals surface area contributed by atoms with Crippen LogP contribution in [0, 0.1) is 13.8 Å². The normalized spacial score (nSPS) is 11.0. The molecule has 0 unspecified atom stereocenters. The van der Waals surface area contributed by atoms with Crippen molar-refractivity contribution in [3.8, 4) is 5.75 Å². The molecule has 0 atom stereocenters. The minimum absolute atomic E-state index is 0.0588. The van der Waals surface area contributed by atoms with Gasteiger partial charge in [-0.2, -0.15) is 0 Å². The molecule has 0 saturated heterocycles. The number of carbonyl (C=O) groups is 1. The molecule has 0 aliphatic heterocycles. The Hall–Kier alpha value is -2.79. The van der Waals surface area contributed by atoms with Crippen LogP contribution in [0.1, 0.15) is 42.3 Å². The third kappa shape index (κ3) is 5.39. The molecule has 0 radical (unpaired) electrons. The van der Waals surface area contributed by atoms with Gasteiger partial charge in [0.05, 0.1) is 0 Å². The Balaban J connectivity index is 1.59. The molecule has 3 rings (SSSR count). The Morgan fingerprint density at radius 3 is 2.55 bits per heavy atom. The predicted octanol–water partition coefficient (Wildman–Crippen LogP) is 5.34. The van der Waals surface area contributed by atoms with Gasteiger partial charge in [0.1, 0.15) is 11.6 Å². The van der Waals surface area contributed by atoms with Gasteiger partial charge in [-0.25, -0.2) is 4.98 Å². The number of aryl methyl sites for hydroxylation is 2. The second-order valence-electron chi connectivity index (χ2n) is 7.43. The number of carbonyl (C=O) groups excluding carboxylic acids is 1. The molecule has 0 bridgehead atoms. The highest BCUT2D eigenvalue weighted by atomic mass is 35.5. The summed E-state index contributed by atoms with van der Waals surface area (Å²) in [4.78, 5) is 16.6. The van der Waals surface area contributed by atoms with Crippen LogP contribution in [0.25, 0.3) is 0 Å². The van der Waals surface area contributed by atoms with Gasteiger partial charge < -0.3 is 14.6 Å². The molecule has 29 heavy (non-hydrogen) atoms. The van der Waals surface area contributed by atoms with Crippen molar-refractivity contribution in [2.75, 3.05) is 11.9 Å².